The maximum atomic E-state index is 13.6. The highest BCUT2D eigenvalue weighted by molar-refractivity contribution is 6.06. The van der Waals surface area contributed by atoms with Crippen molar-refractivity contribution in [2.75, 3.05) is 27.3 Å². The van der Waals surface area contributed by atoms with Gasteiger partial charge in [0, 0.05) is 34.8 Å². The molecule has 1 aliphatic heterocycles. The lowest BCUT2D eigenvalue weighted by Gasteiger charge is -2.29. The summed E-state index contributed by atoms with van der Waals surface area (Å²) < 4.78 is 0. The van der Waals surface area contributed by atoms with Gasteiger partial charge >= 0.3 is 0 Å². The predicted octanol–water partition coefficient (Wildman–Crippen LogP) is 7.03. The summed E-state index contributed by atoms with van der Waals surface area (Å²) in [5.74, 6) is 2.55. The average molecular weight is 720 g/mol. The molecule has 12 nitrogen and oxygen atoms in total. The van der Waals surface area contributed by atoms with Crippen molar-refractivity contribution in [3.63, 3.8) is 0 Å². The Morgan fingerprint density at radius 2 is 1.62 bits per heavy atom. The number of H-pyrrole nitrogens is 2. The first-order valence-corrected chi connectivity index (χ1v) is 19.0. The minimum absolute atomic E-state index is 0.0397. The summed E-state index contributed by atoms with van der Waals surface area (Å²) in [7, 11) is 3.22. The molecule has 3 aromatic carbocycles. The lowest BCUT2D eigenvalue weighted by atomic mass is 9.89. The van der Waals surface area contributed by atoms with Gasteiger partial charge in [0.25, 0.3) is 0 Å². The molecule has 6 aromatic rings. The summed E-state index contributed by atoms with van der Waals surface area (Å²) in [6.45, 7) is 9.80. The Kier molecular flexibility index (Phi) is 11.0. The summed E-state index contributed by atoms with van der Waals surface area (Å²) in [6.07, 6.45) is 4.57. The fourth-order valence-corrected chi connectivity index (χ4v) is 7.94. The van der Waals surface area contributed by atoms with Crippen LogP contribution in [-0.4, -0.2) is 75.1 Å². The van der Waals surface area contributed by atoms with E-state index >= 15 is 0 Å². The van der Waals surface area contributed by atoms with Crippen LogP contribution in [0.25, 0.3) is 55.0 Å². The molecule has 4 heterocycles. The Bertz CT molecular complexity index is 2210. The number of likely N-dealkylation sites (tertiary alicyclic amines) is 1. The molecule has 1 aliphatic rings. The van der Waals surface area contributed by atoms with Crippen LogP contribution in [0.2, 0.25) is 0 Å². The van der Waals surface area contributed by atoms with Crippen LogP contribution in [0.4, 0.5) is 0 Å². The molecule has 0 aliphatic carbocycles. The summed E-state index contributed by atoms with van der Waals surface area (Å²) in [5, 5.41) is 3.22. The van der Waals surface area contributed by atoms with E-state index in [9.17, 15) is 4.79 Å². The number of nitrogens with two attached hydrogens (primary N) is 1. The number of amides is 1. The Morgan fingerprint density at radius 1 is 0.887 bits per heavy atom. The molecule has 280 valence electrons. The van der Waals surface area contributed by atoms with Gasteiger partial charge < -0.3 is 30.3 Å². The first-order chi connectivity index (χ1) is 25.7. The molecule has 53 heavy (non-hydrogen) atoms. The van der Waals surface area contributed by atoms with Gasteiger partial charge in [-0.3, -0.25) is 4.79 Å². The number of hydrogen-bond donors (Lipinski definition) is 5. The minimum atomic E-state index is -0.415. The smallest absolute Gasteiger partial charge is 0.242 e. The molecule has 1 saturated heterocycles. The molecule has 0 saturated carbocycles. The van der Waals surface area contributed by atoms with E-state index in [4.69, 9.17) is 30.4 Å². The van der Waals surface area contributed by atoms with Gasteiger partial charge in [-0.05, 0) is 92.3 Å². The Labute approximate surface area is 310 Å². The number of rotatable bonds is 15. The summed E-state index contributed by atoms with van der Waals surface area (Å²) in [4.78, 5) is 48.5. The van der Waals surface area contributed by atoms with E-state index < -0.39 is 6.04 Å². The highest BCUT2D eigenvalue weighted by atomic mass is 16.6. The molecule has 1 amide bonds. The van der Waals surface area contributed by atoms with Gasteiger partial charge in [0.15, 0.2) is 0 Å². The van der Waals surface area contributed by atoms with Crippen LogP contribution in [-0.2, 0) is 14.5 Å². The first-order valence-electron chi connectivity index (χ1n) is 19.0. The standard InChI is InChI=1S/C41H53N9O3/c1-23(2)34(48-52-5)22-27(9-7-19-42)39-44-33-18-17-31-29(38(33)46-39)14-16-30(43-31)26-11-13-28-25(21-26)12-15-32-37(28)47-40(45-32)35-10-8-20-50(35)41(51)36(24(3)4)49-53-6/h11-18,21,23-24,27,34-36,48-49H,7-10,19-20,22,42H2,1-6H3,(H,44,46)(H,45,47)/t27?,34-,35+,36+/m1/s1. The third-order valence-corrected chi connectivity index (χ3v) is 10.9. The zero-order valence-electron chi connectivity index (χ0n) is 31.7. The highest BCUT2D eigenvalue weighted by Crippen LogP contribution is 2.36. The molecule has 7 rings (SSSR count). The van der Waals surface area contributed by atoms with Crippen LogP contribution >= 0.6 is 0 Å². The molecule has 1 unspecified atom stereocenters. The van der Waals surface area contributed by atoms with E-state index in [1.165, 1.54) is 0 Å². The third-order valence-electron chi connectivity index (χ3n) is 10.9. The largest absolute Gasteiger partial charge is 0.341 e. The van der Waals surface area contributed by atoms with Crippen LogP contribution in [0.3, 0.4) is 0 Å². The maximum Gasteiger partial charge on any atom is 0.242 e. The molecule has 0 radical (unpaired) electrons. The maximum absolute atomic E-state index is 13.6. The Morgan fingerprint density at radius 3 is 2.38 bits per heavy atom. The van der Waals surface area contributed by atoms with Gasteiger partial charge in [-0.2, -0.15) is 11.0 Å². The summed E-state index contributed by atoms with van der Waals surface area (Å²) in [6, 6.07) is 18.7. The number of fused-ring (bicyclic) bond motifs is 6. The van der Waals surface area contributed by atoms with Gasteiger partial charge in [-0.25, -0.2) is 15.0 Å². The number of aromatic nitrogens is 5. The van der Waals surface area contributed by atoms with Crippen molar-refractivity contribution < 1.29 is 14.5 Å². The number of nitrogens with zero attached hydrogens (tertiary/aromatic N) is 4. The van der Waals surface area contributed by atoms with E-state index in [2.05, 4.69) is 89.4 Å². The van der Waals surface area contributed by atoms with Crippen molar-refractivity contribution in [3.8, 4) is 11.3 Å². The molecular formula is C41H53N9O3. The number of benzene rings is 3. The number of nitrogens with one attached hydrogen (secondary N) is 4. The SMILES string of the molecule is CON[C@H](C(=O)N1CCC[C@H]1c1nc2ccc3cc(-c4ccc5c(ccc6nc(C(CCCN)C[C@@H](NOC)C(C)C)[nH]c65)n4)ccc3c2[nH]1)C(C)C. The van der Waals surface area contributed by atoms with E-state index in [-0.39, 0.29) is 29.8 Å². The zero-order chi connectivity index (χ0) is 37.2. The second kappa shape index (κ2) is 15.9. The van der Waals surface area contributed by atoms with Crippen LogP contribution in [0.5, 0.6) is 0 Å². The average Bonchev–Trinajstić information content (AvgIpc) is 3.93. The second-order valence-electron chi connectivity index (χ2n) is 15.1. The fourth-order valence-electron chi connectivity index (χ4n) is 7.94. The molecule has 0 spiro atoms. The quantitative estimate of drug-likeness (QED) is 0.0702. The topological polar surface area (TPSA) is 159 Å². The third kappa shape index (κ3) is 7.39. The lowest BCUT2D eigenvalue weighted by molar-refractivity contribution is -0.139. The van der Waals surface area contributed by atoms with Gasteiger partial charge in [0.1, 0.15) is 17.7 Å². The van der Waals surface area contributed by atoms with Crippen LogP contribution in [0, 0.1) is 11.8 Å². The van der Waals surface area contributed by atoms with E-state index in [1.807, 2.05) is 18.7 Å². The van der Waals surface area contributed by atoms with Crippen molar-refractivity contribution in [2.45, 2.75) is 83.8 Å². The number of aromatic amines is 2. The molecule has 4 atom stereocenters. The zero-order valence-corrected chi connectivity index (χ0v) is 31.7. The number of hydrogen-bond acceptors (Lipinski definition) is 9. The van der Waals surface area contributed by atoms with Crippen LogP contribution in [0.1, 0.15) is 83.4 Å². The van der Waals surface area contributed by atoms with Crippen molar-refractivity contribution in [1.82, 2.24) is 40.8 Å². The minimum Gasteiger partial charge on any atom is -0.341 e. The number of carbonyl (C=O) groups is 1. The summed E-state index contributed by atoms with van der Waals surface area (Å²) in [5.41, 5.74) is 18.7. The number of hydroxylamine groups is 2. The van der Waals surface area contributed by atoms with Crippen molar-refractivity contribution >= 4 is 49.6 Å². The van der Waals surface area contributed by atoms with Crippen molar-refractivity contribution in [3.05, 3.63) is 66.2 Å². The fraction of sp³-hybridized carbons (Fsp3) is 0.463. The van der Waals surface area contributed by atoms with Gasteiger partial charge in [-0.15, -0.1) is 0 Å². The number of carbonyl (C=O) groups excluding carboxylic acids is 1. The normalized spacial score (nSPS) is 16.9. The number of pyridine rings is 1. The Hall–Kier alpha value is -4.46. The van der Waals surface area contributed by atoms with Gasteiger partial charge in [0.2, 0.25) is 5.91 Å². The monoisotopic (exact) mass is 719 g/mol. The molecule has 0 bridgehead atoms. The van der Waals surface area contributed by atoms with E-state index in [1.54, 1.807) is 14.2 Å². The molecule has 1 fully saturated rings. The van der Waals surface area contributed by atoms with Gasteiger partial charge in [0.05, 0.1) is 53.5 Å². The van der Waals surface area contributed by atoms with E-state index in [0.717, 1.165) is 98.8 Å². The Balaban J connectivity index is 1.17. The molecular weight excluding hydrogens is 667 g/mol. The first kappa shape index (κ1) is 36.9. The van der Waals surface area contributed by atoms with Crippen LogP contribution < -0.4 is 16.7 Å². The second-order valence-corrected chi connectivity index (χ2v) is 15.1. The lowest BCUT2D eigenvalue weighted by Crippen LogP contribution is -2.48. The number of imidazole rings is 2. The van der Waals surface area contributed by atoms with Crippen molar-refractivity contribution in [1.29, 1.82) is 0 Å². The highest BCUT2D eigenvalue weighted by Gasteiger charge is 2.37. The molecule has 3 aromatic heterocycles. The summed E-state index contributed by atoms with van der Waals surface area (Å²) >= 11 is 0. The van der Waals surface area contributed by atoms with Crippen molar-refractivity contribution in [2.24, 2.45) is 17.6 Å². The molecule has 12 heteroatoms. The van der Waals surface area contributed by atoms with Crippen LogP contribution in [0.15, 0.2) is 54.6 Å². The van der Waals surface area contributed by atoms with Gasteiger partial charge in [-0.1, -0.05) is 45.9 Å². The molecule has 6 N–H and O–H groups in total. The predicted molar refractivity (Wildman–Crippen MR) is 211 cm³/mol. The van der Waals surface area contributed by atoms with E-state index in [0.29, 0.717) is 19.0 Å².